The Labute approximate surface area is 345 Å². The SMILES string of the molecule is CC[N+](CC)=c1ccc2c(/C=C/C=C/C=C3\N(CCCS(=O)(=O)[O-])c4ccc(S(=O)(=O)[O-])cc4C3(C)CCCC(=O)O)c(C)c(-c3ccccc3)oc-2c1.[Na+]. The molecule has 1 atom stereocenters. The van der Waals surface area contributed by atoms with Gasteiger partial charge < -0.3 is 23.5 Å². The predicted octanol–water partition coefficient (Wildman–Crippen LogP) is 3.50. The smallest absolute Gasteiger partial charge is 0.748 e. The van der Waals surface area contributed by atoms with E-state index in [1.165, 1.54) is 18.2 Å². The van der Waals surface area contributed by atoms with Crippen LogP contribution in [0.15, 0.2) is 106 Å². The molecule has 11 nitrogen and oxygen atoms in total. The van der Waals surface area contributed by atoms with E-state index in [0.717, 1.165) is 52.2 Å². The summed E-state index contributed by atoms with van der Waals surface area (Å²) in [6.07, 6.45) is 9.74. The number of hydrogen-bond donors (Lipinski definition) is 1. The van der Waals surface area contributed by atoms with Crippen LogP contribution in [0.3, 0.4) is 0 Å². The molecule has 14 heteroatoms. The molecule has 2 aromatic rings. The number of benzene rings is 3. The summed E-state index contributed by atoms with van der Waals surface area (Å²) in [7, 11) is -9.32. The van der Waals surface area contributed by atoms with Crippen molar-refractivity contribution < 1.29 is 69.8 Å². The first kappa shape index (κ1) is 43.9. The minimum Gasteiger partial charge on any atom is -0.748 e. The van der Waals surface area contributed by atoms with Crippen LogP contribution in [-0.4, -0.2) is 62.4 Å². The number of rotatable bonds is 15. The van der Waals surface area contributed by atoms with Gasteiger partial charge in [0, 0.05) is 58.3 Å². The number of carboxylic acid groups (broad SMARTS) is 1. The number of aliphatic carboxylic acids is 1. The van der Waals surface area contributed by atoms with Gasteiger partial charge in [-0.2, -0.15) is 0 Å². The number of carboxylic acids is 1. The average molecular weight is 797 g/mol. The summed E-state index contributed by atoms with van der Waals surface area (Å²) in [4.78, 5) is 12.9. The third-order valence-electron chi connectivity index (χ3n) is 9.96. The molecule has 1 N–H and O–H groups in total. The summed E-state index contributed by atoms with van der Waals surface area (Å²) in [6, 6.07) is 20.1. The number of anilines is 1. The fourth-order valence-electron chi connectivity index (χ4n) is 7.24. The van der Waals surface area contributed by atoms with Crippen molar-refractivity contribution >= 4 is 38.0 Å². The molecule has 2 heterocycles. The second kappa shape index (κ2) is 18.4. The van der Waals surface area contributed by atoms with Gasteiger partial charge in [-0.25, -0.2) is 21.4 Å². The van der Waals surface area contributed by atoms with E-state index in [-0.39, 0.29) is 61.8 Å². The molecule has 2 aliphatic heterocycles. The van der Waals surface area contributed by atoms with E-state index < -0.39 is 42.3 Å². The molecule has 0 spiro atoms. The number of hydrogen-bond acceptors (Lipinski definition) is 9. The summed E-state index contributed by atoms with van der Waals surface area (Å²) < 4.78 is 79.4. The Morgan fingerprint density at radius 3 is 2.29 bits per heavy atom. The molecule has 0 amide bonds. The number of allylic oxidation sites excluding steroid dienone is 5. The quantitative estimate of drug-likeness (QED) is 0.0813. The van der Waals surface area contributed by atoms with Crippen molar-refractivity contribution in [3.63, 3.8) is 0 Å². The van der Waals surface area contributed by atoms with E-state index in [9.17, 15) is 35.8 Å². The van der Waals surface area contributed by atoms with Gasteiger partial charge in [0.1, 0.15) is 34.7 Å². The zero-order valence-corrected chi connectivity index (χ0v) is 35.5. The molecule has 1 unspecified atom stereocenters. The zero-order valence-electron chi connectivity index (χ0n) is 31.8. The zero-order chi connectivity index (χ0) is 39.3. The van der Waals surface area contributed by atoms with Gasteiger partial charge in [-0.1, -0.05) is 54.6 Å². The minimum absolute atomic E-state index is 0. The van der Waals surface area contributed by atoms with Gasteiger partial charge in [0.05, 0.1) is 21.1 Å². The Morgan fingerprint density at radius 1 is 0.945 bits per heavy atom. The second-order valence-corrected chi connectivity index (χ2v) is 16.4. The van der Waals surface area contributed by atoms with Crippen molar-refractivity contribution in [1.29, 1.82) is 0 Å². The third-order valence-corrected chi connectivity index (χ3v) is 11.6. The standard InChI is InChI=1S/C41H46N2O9S2.Na/c1-5-42(6-2)31-20-22-34-33(29(3)40(52-37(34)27-31)30-15-9-7-10-16-30)17-11-8-12-18-38-41(4,24-13-19-39(44)45)35-28-32(54(49,50)51)21-23-36(35)43(38)25-14-26-53(46,47)48;/h7-12,15-18,20-23,27-28H,5-6,13-14,19,24-26H2,1-4H3,(H2-,44,45,46,47,48,49,50,51);/q;+1/p-1. The normalized spacial score (nSPS) is 16.6. The molecule has 286 valence electrons. The molecule has 1 aliphatic carbocycles. The summed E-state index contributed by atoms with van der Waals surface area (Å²) >= 11 is 0. The number of fused-ring (bicyclic) bond motifs is 2. The Morgan fingerprint density at radius 2 is 1.65 bits per heavy atom. The molecule has 0 bridgehead atoms. The average Bonchev–Trinajstić information content (AvgIpc) is 3.34. The summed E-state index contributed by atoms with van der Waals surface area (Å²) in [5.41, 5.74) is 4.55. The van der Waals surface area contributed by atoms with Crippen LogP contribution in [0.1, 0.15) is 63.1 Å². The van der Waals surface area contributed by atoms with Crippen LogP contribution in [0.2, 0.25) is 0 Å². The van der Waals surface area contributed by atoms with Crippen molar-refractivity contribution in [3.8, 4) is 22.6 Å². The first-order valence-electron chi connectivity index (χ1n) is 17.9. The fourth-order valence-corrected chi connectivity index (χ4v) is 8.22. The van der Waals surface area contributed by atoms with E-state index in [4.69, 9.17) is 4.42 Å². The first-order valence-corrected chi connectivity index (χ1v) is 20.9. The molecule has 3 aliphatic rings. The van der Waals surface area contributed by atoms with Gasteiger partial charge in [-0.15, -0.1) is 0 Å². The Balaban J connectivity index is 0.00000673. The molecule has 0 saturated heterocycles. The minimum atomic E-state index is -4.82. The van der Waals surface area contributed by atoms with Crippen LogP contribution in [0, 0.1) is 6.92 Å². The van der Waals surface area contributed by atoms with Crippen molar-refractivity contribution in [2.75, 3.05) is 30.3 Å². The summed E-state index contributed by atoms with van der Waals surface area (Å²) in [5, 5.41) is 10.4. The van der Waals surface area contributed by atoms with Crippen molar-refractivity contribution in [2.24, 2.45) is 0 Å². The Bertz CT molecular complexity index is 2380. The third kappa shape index (κ3) is 10.3. The van der Waals surface area contributed by atoms with Crippen molar-refractivity contribution in [3.05, 3.63) is 119 Å². The number of carbonyl (C=O) groups is 1. The van der Waals surface area contributed by atoms with Crippen LogP contribution in [0.5, 0.6) is 0 Å². The molecule has 5 rings (SSSR count). The molecule has 55 heavy (non-hydrogen) atoms. The van der Waals surface area contributed by atoms with E-state index in [1.54, 1.807) is 6.08 Å². The summed E-state index contributed by atoms with van der Waals surface area (Å²) in [6.45, 7) is 9.89. The predicted molar refractivity (Wildman–Crippen MR) is 208 cm³/mol. The first-order chi connectivity index (χ1) is 25.6. The second-order valence-electron chi connectivity index (χ2n) is 13.5. The number of nitrogens with zero attached hydrogens (tertiary/aromatic N) is 2. The van der Waals surface area contributed by atoms with Crippen LogP contribution < -0.4 is 44.4 Å². The largest absolute Gasteiger partial charge is 1.00 e. The maximum Gasteiger partial charge on any atom is 1.00 e. The molecule has 0 saturated carbocycles. The van der Waals surface area contributed by atoms with Gasteiger partial charge in [0.2, 0.25) is 5.36 Å². The van der Waals surface area contributed by atoms with Crippen LogP contribution in [-0.2, 0) is 30.4 Å². The molecular weight excluding hydrogens is 752 g/mol. The fraction of sp³-hybridized carbons (Fsp3) is 0.317. The van der Waals surface area contributed by atoms with E-state index in [1.807, 2.05) is 73.4 Å². The molecule has 0 fully saturated rings. The van der Waals surface area contributed by atoms with Gasteiger partial charge >= 0.3 is 35.5 Å². The van der Waals surface area contributed by atoms with Crippen LogP contribution >= 0.6 is 0 Å². The van der Waals surface area contributed by atoms with Crippen LogP contribution in [0.4, 0.5) is 5.69 Å². The Kier molecular flexibility index (Phi) is 14.7. The van der Waals surface area contributed by atoms with Crippen molar-refractivity contribution in [2.45, 2.75) is 63.7 Å². The van der Waals surface area contributed by atoms with E-state index in [2.05, 4.69) is 36.6 Å². The van der Waals surface area contributed by atoms with Gasteiger partial charge in [-0.05, 0) is 88.4 Å². The molecule has 2 aromatic carbocycles. The maximum absolute atomic E-state index is 12.0. The molecule has 0 radical (unpaired) electrons. The summed E-state index contributed by atoms with van der Waals surface area (Å²) in [5.74, 6) is -0.102. The topological polar surface area (TPSA) is 171 Å². The van der Waals surface area contributed by atoms with Crippen molar-refractivity contribution in [1.82, 2.24) is 4.58 Å². The molecular formula is C41H45N2NaO9S2. The van der Waals surface area contributed by atoms with Crippen LogP contribution in [0.25, 0.3) is 28.7 Å². The van der Waals surface area contributed by atoms with Gasteiger partial charge in [0.25, 0.3) is 0 Å². The van der Waals surface area contributed by atoms with E-state index >= 15 is 0 Å². The Hall–Kier alpha value is -3.82. The monoisotopic (exact) mass is 796 g/mol. The maximum atomic E-state index is 12.0. The molecule has 0 aromatic heterocycles. The van der Waals surface area contributed by atoms with Gasteiger partial charge in [-0.3, -0.25) is 4.79 Å². The van der Waals surface area contributed by atoms with E-state index in [0.29, 0.717) is 16.9 Å². The van der Waals surface area contributed by atoms with Gasteiger partial charge in [0.15, 0.2) is 0 Å².